The first-order valence-corrected chi connectivity index (χ1v) is 11.5. The Morgan fingerprint density at radius 3 is 2.38 bits per heavy atom. The van der Waals surface area contributed by atoms with E-state index in [1.165, 1.54) is 42.6 Å². The summed E-state index contributed by atoms with van der Waals surface area (Å²) in [5.41, 5.74) is -0.578. The zero-order chi connectivity index (χ0) is 26.6. The quantitative estimate of drug-likeness (QED) is 0.240. The second kappa shape index (κ2) is 10.7. The fraction of sp³-hybridized carbons (Fsp3) is 0.185. The second-order valence-electron chi connectivity index (χ2n) is 8.45. The largest absolute Gasteiger partial charge is 0.454 e. The Hall–Kier alpha value is -4.47. The lowest BCUT2D eigenvalue weighted by Gasteiger charge is -2.16. The van der Waals surface area contributed by atoms with E-state index < -0.39 is 46.1 Å². The van der Waals surface area contributed by atoms with Crippen molar-refractivity contribution in [3.63, 3.8) is 0 Å². The van der Waals surface area contributed by atoms with Gasteiger partial charge in [-0.2, -0.15) is 0 Å². The standard InChI is InChI=1S/C27H23F3N4O3/c1-2-3-16(15-31)22-12-19(8-11-32-22)37-24-14-20(29)23(13-21(24)30)34-26(36)27(9-10-27)25(35)33-18-6-4-17(28)5-7-18/h3-8,11-15,31H,2,9-10H2,1H3,(H,33,35)(H,34,36)/b16-3+,31-15?. The van der Waals surface area contributed by atoms with Gasteiger partial charge in [-0.1, -0.05) is 13.0 Å². The van der Waals surface area contributed by atoms with E-state index in [2.05, 4.69) is 15.6 Å². The number of carbonyl (C=O) groups is 2. The number of allylic oxidation sites excluding steroid dienone is 2. The van der Waals surface area contributed by atoms with Crippen LogP contribution in [0.2, 0.25) is 0 Å². The lowest BCUT2D eigenvalue weighted by atomic mass is 10.0. The predicted octanol–water partition coefficient (Wildman–Crippen LogP) is 6.09. The minimum absolute atomic E-state index is 0.179. The summed E-state index contributed by atoms with van der Waals surface area (Å²) in [4.78, 5) is 29.7. The van der Waals surface area contributed by atoms with Gasteiger partial charge >= 0.3 is 0 Å². The van der Waals surface area contributed by atoms with Crippen molar-refractivity contribution in [3.8, 4) is 11.5 Å². The van der Waals surface area contributed by atoms with Crippen molar-refractivity contribution in [2.24, 2.45) is 5.41 Å². The Labute approximate surface area is 210 Å². The van der Waals surface area contributed by atoms with E-state index in [0.717, 1.165) is 18.3 Å². The highest BCUT2D eigenvalue weighted by Gasteiger charge is 2.56. The number of pyridine rings is 1. The van der Waals surface area contributed by atoms with Crippen LogP contribution in [0.1, 0.15) is 31.9 Å². The average Bonchev–Trinajstić information content (AvgIpc) is 3.69. The molecule has 0 unspecified atom stereocenters. The summed E-state index contributed by atoms with van der Waals surface area (Å²) in [6, 6.07) is 9.56. The van der Waals surface area contributed by atoms with Gasteiger partial charge in [0.05, 0.1) is 11.4 Å². The van der Waals surface area contributed by atoms with Crippen molar-refractivity contribution in [2.45, 2.75) is 26.2 Å². The van der Waals surface area contributed by atoms with Crippen LogP contribution in [-0.2, 0) is 9.59 Å². The number of rotatable bonds is 9. The average molecular weight is 509 g/mol. The Balaban J connectivity index is 1.47. The summed E-state index contributed by atoms with van der Waals surface area (Å²) in [6.45, 7) is 1.91. The van der Waals surface area contributed by atoms with Crippen molar-refractivity contribution >= 4 is 35.0 Å². The van der Waals surface area contributed by atoms with Crippen LogP contribution in [0.3, 0.4) is 0 Å². The lowest BCUT2D eigenvalue weighted by Crippen LogP contribution is -2.35. The molecule has 190 valence electrons. The molecule has 0 spiro atoms. The highest BCUT2D eigenvalue weighted by molar-refractivity contribution is 6.17. The Bertz CT molecular complexity index is 1390. The Kier molecular flexibility index (Phi) is 7.37. The van der Waals surface area contributed by atoms with E-state index in [1.54, 1.807) is 6.08 Å². The minimum atomic E-state index is -1.43. The third-order valence-electron chi connectivity index (χ3n) is 5.83. The zero-order valence-corrected chi connectivity index (χ0v) is 19.8. The maximum atomic E-state index is 14.8. The number of ether oxygens (including phenoxy) is 1. The van der Waals surface area contributed by atoms with Gasteiger partial charge in [0, 0.05) is 41.9 Å². The summed E-state index contributed by atoms with van der Waals surface area (Å²) in [7, 11) is 0. The number of hydrogen-bond acceptors (Lipinski definition) is 5. The Morgan fingerprint density at radius 1 is 1.03 bits per heavy atom. The van der Waals surface area contributed by atoms with Crippen LogP contribution >= 0.6 is 0 Å². The van der Waals surface area contributed by atoms with Crippen LogP contribution in [-0.4, -0.2) is 23.0 Å². The van der Waals surface area contributed by atoms with Crippen LogP contribution < -0.4 is 15.4 Å². The monoisotopic (exact) mass is 508 g/mol. The van der Waals surface area contributed by atoms with E-state index in [0.29, 0.717) is 23.4 Å². The number of aromatic nitrogens is 1. The van der Waals surface area contributed by atoms with E-state index in [4.69, 9.17) is 10.1 Å². The zero-order valence-electron chi connectivity index (χ0n) is 19.8. The Morgan fingerprint density at radius 2 is 1.73 bits per heavy atom. The van der Waals surface area contributed by atoms with Gasteiger partial charge < -0.3 is 20.8 Å². The van der Waals surface area contributed by atoms with E-state index in [9.17, 15) is 22.8 Å². The van der Waals surface area contributed by atoms with Gasteiger partial charge in [-0.15, -0.1) is 0 Å². The first kappa shape index (κ1) is 25.6. The van der Waals surface area contributed by atoms with E-state index in [1.807, 2.05) is 6.92 Å². The fourth-order valence-corrected chi connectivity index (χ4v) is 3.63. The van der Waals surface area contributed by atoms with Gasteiger partial charge in [-0.25, -0.2) is 13.2 Å². The highest BCUT2D eigenvalue weighted by Crippen LogP contribution is 2.47. The smallest absolute Gasteiger partial charge is 0.240 e. The maximum Gasteiger partial charge on any atom is 0.240 e. The molecule has 0 saturated heterocycles. The molecule has 0 aliphatic heterocycles. The number of nitrogens with zero attached hydrogens (tertiary/aromatic N) is 1. The van der Waals surface area contributed by atoms with Crippen molar-refractivity contribution in [1.82, 2.24) is 4.98 Å². The first-order valence-electron chi connectivity index (χ1n) is 11.5. The van der Waals surface area contributed by atoms with Crippen LogP contribution in [0.25, 0.3) is 5.57 Å². The van der Waals surface area contributed by atoms with Crippen molar-refractivity contribution in [3.05, 3.63) is 83.9 Å². The van der Waals surface area contributed by atoms with Gasteiger partial charge in [-0.3, -0.25) is 14.6 Å². The van der Waals surface area contributed by atoms with Crippen LogP contribution in [0.5, 0.6) is 11.5 Å². The number of anilines is 2. The molecule has 1 fully saturated rings. The van der Waals surface area contributed by atoms with Crippen LogP contribution in [0.15, 0.2) is 60.8 Å². The third kappa shape index (κ3) is 5.69. The summed E-state index contributed by atoms with van der Waals surface area (Å²) < 4.78 is 48.2. The van der Waals surface area contributed by atoms with Gasteiger partial charge in [0.1, 0.15) is 17.0 Å². The summed E-state index contributed by atoms with van der Waals surface area (Å²) in [5, 5.41) is 12.4. The molecule has 1 heterocycles. The number of hydrogen-bond donors (Lipinski definition) is 3. The molecule has 10 heteroatoms. The number of nitrogens with one attached hydrogen (secondary N) is 3. The number of benzene rings is 2. The summed E-state index contributed by atoms with van der Waals surface area (Å²) in [6.07, 6.45) is 5.49. The highest BCUT2D eigenvalue weighted by atomic mass is 19.1. The molecule has 1 saturated carbocycles. The molecule has 7 nitrogen and oxygen atoms in total. The van der Waals surface area contributed by atoms with E-state index >= 15 is 0 Å². The number of carbonyl (C=O) groups excluding carboxylic acids is 2. The van der Waals surface area contributed by atoms with Crippen molar-refractivity contribution in [2.75, 3.05) is 10.6 Å². The van der Waals surface area contributed by atoms with Crippen LogP contribution in [0, 0.1) is 28.3 Å². The predicted molar refractivity (Wildman–Crippen MR) is 133 cm³/mol. The molecule has 2 amide bonds. The van der Waals surface area contributed by atoms with Crippen LogP contribution in [0.4, 0.5) is 24.5 Å². The van der Waals surface area contributed by atoms with Crippen molar-refractivity contribution in [1.29, 1.82) is 5.41 Å². The topological polar surface area (TPSA) is 104 Å². The second-order valence-corrected chi connectivity index (χ2v) is 8.45. The normalized spacial score (nSPS) is 14.0. The molecule has 2 aromatic carbocycles. The summed E-state index contributed by atoms with van der Waals surface area (Å²) in [5.74, 6) is -4.01. The SMILES string of the molecule is CC/C=C(\C=N)c1cc(Oc2cc(F)c(NC(=O)C3(C(=O)Nc4ccc(F)cc4)CC3)cc2F)ccn1. The molecule has 1 aliphatic carbocycles. The minimum Gasteiger partial charge on any atom is -0.454 e. The van der Waals surface area contributed by atoms with Crippen molar-refractivity contribution < 1.29 is 27.5 Å². The molecular weight excluding hydrogens is 485 g/mol. The van der Waals surface area contributed by atoms with Gasteiger partial charge in [0.2, 0.25) is 11.8 Å². The molecule has 4 rings (SSSR count). The van der Waals surface area contributed by atoms with E-state index in [-0.39, 0.29) is 18.6 Å². The third-order valence-corrected chi connectivity index (χ3v) is 5.83. The molecule has 1 aliphatic rings. The molecule has 1 aromatic heterocycles. The molecule has 0 radical (unpaired) electrons. The lowest BCUT2D eigenvalue weighted by molar-refractivity contribution is -0.131. The molecular formula is C27H23F3N4O3. The van der Waals surface area contributed by atoms with Gasteiger partial charge in [0.25, 0.3) is 0 Å². The molecule has 0 bridgehead atoms. The maximum absolute atomic E-state index is 14.8. The molecule has 3 aromatic rings. The molecule has 0 atom stereocenters. The molecule has 37 heavy (non-hydrogen) atoms. The first-order chi connectivity index (χ1) is 17.8. The number of amides is 2. The van der Waals surface area contributed by atoms with Gasteiger partial charge in [-0.05, 0) is 49.6 Å². The fourth-order valence-electron chi connectivity index (χ4n) is 3.63. The summed E-state index contributed by atoms with van der Waals surface area (Å²) >= 11 is 0. The van der Waals surface area contributed by atoms with Gasteiger partial charge in [0.15, 0.2) is 17.4 Å². The number of halogens is 3. The molecule has 3 N–H and O–H groups in total.